The molecule has 1 atom stereocenters. The first-order chi connectivity index (χ1) is 9.60. The molecule has 0 bridgehead atoms. The summed E-state index contributed by atoms with van der Waals surface area (Å²) in [4.78, 5) is 0. The Hall–Kier alpha value is -1.54. The molecule has 20 heavy (non-hydrogen) atoms. The molecule has 2 rings (SSSR count). The zero-order chi connectivity index (χ0) is 14.7. The van der Waals surface area contributed by atoms with E-state index in [4.69, 9.17) is 4.42 Å². The van der Waals surface area contributed by atoms with Crippen LogP contribution in [0.15, 0.2) is 28.7 Å². The van der Waals surface area contributed by atoms with E-state index in [-0.39, 0.29) is 6.04 Å². The molecule has 0 fully saturated rings. The van der Waals surface area contributed by atoms with Crippen LogP contribution in [0.1, 0.15) is 53.7 Å². The van der Waals surface area contributed by atoms with Crippen molar-refractivity contribution in [2.45, 2.75) is 46.6 Å². The van der Waals surface area contributed by atoms with Crippen LogP contribution in [0.3, 0.4) is 0 Å². The second kappa shape index (κ2) is 6.27. The molecule has 2 heteroatoms. The van der Waals surface area contributed by atoms with Crippen LogP contribution in [0.25, 0.3) is 0 Å². The van der Waals surface area contributed by atoms with Crippen molar-refractivity contribution in [3.63, 3.8) is 0 Å². The maximum Gasteiger partial charge on any atom is 0.106 e. The number of rotatable bonds is 5. The first-order valence-electron chi connectivity index (χ1n) is 7.46. The average molecular weight is 271 g/mol. The van der Waals surface area contributed by atoms with Crippen molar-refractivity contribution in [2.24, 2.45) is 0 Å². The second-order valence-electron chi connectivity index (χ2n) is 5.33. The molecule has 1 aromatic heterocycles. The number of nitrogens with one attached hydrogen (secondary N) is 1. The van der Waals surface area contributed by atoms with E-state index in [0.717, 1.165) is 24.4 Å². The van der Waals surface area contributed by atoms with Gasteiger partial charge in [0.05, 0.1) is 6.04 Å². The second-order valence-corrected chi connectivity index (χ2v) is 5.33. The van der Waals surface area contributed by atoms with Crippen LogP contribution in [0.5, 0.6) is 0 Å². The van der Waals surface area contributed by atoms with Crippen molar-refractivity contribution < 1.29 is 4.42 Å². The molecule has 2 aromatic rings. The van der Waals surface area contributed by atoms with Gasteiger partial charge in [0.25, 0.3) is 0 Å². The zero-order valence-electron chi connectivity index (χ0n) is 13.2. The first kappa shape index (κ1) is 14.9. The summed E-state index contributed by atoms with van der Waals surface area (Å²) in [5, 5.41) is 3.45. The van der Waals surface area contributed by atoms with Gasteiger partial charge in [-0.25, -0.2) is 0 Å². The fourth-order valence-electron chi connectivity index (χ4n) is 2.87. The third-order valence-corrected chi connectivity index (χ3v) is 3.99. The number of benzene rings is 1. The molecule has 0 aliphatic heterocycles. The Kier molecular flexibility index (Phi) is 4.66. The zero-order valence-corrected chi connectivity index (χ0v) is 13.2. The SMILES string of the molecule is CCc1ccc(CC)c(C(NC)c2cc(C)oc2C)c1. The fraction of sp³-hybridized carbons (Fsp3) is 0.444. The van der Waals surface area contributed by atoms with Gasteiger partial charge in [-0.05, 0) is 56.5 Å². The van der Waals surface area contributed by atoms with E-state index in [0.29, 0.717) is 0 Å². The van der Waals surface area contributed by atoms with E-state index < -0.39 is 0 Å². The highest BCUT2D eigenvalue weighted by atomic mass is 16.3. The summed E-state index contributed by atoms with van der Waals surface area (Å²) in [6.07, 6.45) is 2.12. The first-order valence-corrected chi connectivity index (χ1v) is 7.46. The van der Waals surface area contributed by atoms with E-state index >= 15 is 0 Å². The Labute approximate surface area is 122 Å². The Bertz CT molecular complexity index is 583. The van der Waals surface area contributed by atoms with E-state index in [1.54, 1.807) is 0 Å². The molecular weight excluding hydrogens is 246 g/mol. The van der Waals surface area contributed by atoms with Crippen LogP contribution in [0.2, 0.25) is 0 Å². The van der Waals surface area contributed by atoms with Gasteiger partial charge in [-0.15, -0.1) is 0 Å². The lowest BCUT2D eigenvalue weighted by molar-refractivity contribution is 0.496. The summed E-state index contributed by atoms with van der Waals surface area (Å²) < 4.78 is 5.71. The van der Waals surface area contributed by atoms with E-state index in [1.165, 1.54) is 22.3 Å². The topological polar surface area (TPSA) is 25.2 Å². The number of aryl methyl sites for hydroxylation is 4. The fourth-order valence-corrected chi connectivity index (χ4v) is 2.87. The molecule has 108 valence electrons. The highest BCUT2D eigenvalue weighted by Crippen LogP contribution is 2.30. The summed E-state index contributed by atoms with van der Waals surface area (Å²) in [6.45, 7) is 8.46. The summed E-state index contributed by atoms with van der Waals surface area (Å²) >= 11 is 0. The maximum atomic E-state index is 5.71. The molecule has 0 spiro atoms. The maximum absolute atomic E-state index is 5.71. The molecule has 0 amide bonds. The molecule has 0 aliphatic rings. The summed E-state index contributed by atoms with van der Waals surface area (Å²) in [6, 6.07) is 9.19. The molecule has 0 saturated carbocycles. The van der Waals surface area contributed by atoms with Gasteiger partial charge in [-0.2, -0.15) is 0 Å². The van der Waals surface area contributed by atoms with Crippen LogP contribution in [0.4, 0.5) is 0 Å². The van der Waals surface area contributed by atoms with Gasteiger partial charge in [0.2, 0.25) is 0 Å². The molecule has 0 aliphatic carbocycles. The number of furan rings is 1. The number of hydrogen-bond donors (Lipinski definition) is 1. The predicted octanol–water partition coefficient (Wildman–Crippen LogP) is 4.33. The monoisotopic (exact) mass is 271 g/mol. The van der Waals surface area contributed by atoms with Crippen molar-refractivity contribution in [1.82, 2.24) is 5.32 Å². The third kappa shape index (κ3) is 2.80. The lowest BCUT2D eigenvalue weighted by atomic mass is 9.91. The average Bonchev–Trinajstić information content (AvgIpc) is 2.78. The van der Waals surface area contributed by atoms with Crippen molar-refractivity contribution in [3.05, 3.63) is 58.0 Å². The van der Waals surface area contributed by atoms with Gasteiger partial charge >= 0.3 is 0 Å². The quantitative estimate of drug-likeness (QED) is 0.875. The van der Waals surface area contributed by atoms with Crippen molar-refractivity contribution in [3.8, 4) is 0 Å². The smallest absolute Gasteiger partial charge is 0.106 e. The van der Waals surface area contributed by atoms with Gasteiger partial charge in [0.15, 0.2) is 0 Å². The van der Waals surface area contributed by atoms with Crippen LogP contribution in [-0.2, 0) is 12.8 Å². The molecule has 1 unspecified atom stereocenters. The summed E-state index contributed by atoms with van der Waals surface area (Å²) in [5.74, 6) is 1.98. The van der Waals surface area contributed by atoms with E-state index in [9.17, 15) is 0 Å². The largest absolute Gasteiger partial charge is 0.466 e. The predicted molar refractivity (Wildman–Crippen MR) is 84.3 cm³/mol. The standard InChI is InChI=1S/C18H25NO/c1-6-14-8-9-15(7-2)17(11-14)18(19-5)16-10-12(3)20-13(16)4/h8-11,18-19H,6-7H2,1-5H3. The molecule has 2 nitrogen and oxygen atoms in total. The highest BCUT2D eigenvalue weighted by Gasteiger charge is 2.20. The molecule has 0 radical (unpaired) electrons. The van der Waals surface area contributed by atoms with Gasteiger partial charge < -0.3 is 9.73 Å². The Morgan fingerprint density at radius 1 is 1.05 bits per heavy atom. The Morgan fingerprint density at radius 2 is 1.80 bits per heavy atom. The third-order valence-electron chi connectivity index (χ3n) is 3.99. The van der Waals surface area contributed by atoms with Crippen LogP contribution in [-0.4, -0.2) is 7.05 Å². The van der Waals surface area contributed by atoms with Crippen LogP contribution < -0.4 is 5.32 Å². The van der Waals surface area contributed by atoms with Crippen LogP contribution >= 0.6 is 0 Å². The van der Waals surface area contributed by atoms with Gasteiger partial charge in [0.1, 0.15) is 11.5 Å². The van der Waals surface area contributed by atoms with Crippen LogP contribution in [0, 0.1) is 13.8 Å². The minimum atomic E-state index is 0.203. The van der Waals surface area contributed by atoms with Crippen molar-refractivity contribution in [2.75, 3.05) is 7.05 Å². The number of hydrogen-bond acceptors (Lipinski definition) is 2. The minimum Gasteiger partial charge on any atom is -0.466 e. The van der Waals surface area contributed by atoms with Gasteiger partial charge in [0, 0.05) is 5.56 Å². The Balaban J connectivity index is 2.53. The van der Waals surface area contributed by atoms with Gasteiger partial charge in [-0.1, -0.05) is 32.0 Å². The molecule has 1 N–H and O–H groups in total. The lowest BCUT2D eigenvalue weighted by Crippen LogP contribution is -2.19. The van der Waals surface area contributed by atoms with Crippen molar-refractivity contribution in [1.29, 1.82) is 0 Å². The van der Waals surface area contributed by atoms with Crippen molar-refractivity contribution >= 4 is 0 Å². The molecular formula is C18H25NO. The normalized spacial score (nSPS) is 12.7. The molecule has 1 aromatic carbocycles. The summed E-state index contributed by atoms with van der Waals surface area (Å²) in [5.41, 5.74) is 5.40. The van der Waals surface area contributed by atoms with Gasteiger partial charge in [-0.3, -0.25) is 0 Å². The summed E-state index contributed by atoms with van der Waals surface area (Å²) in [7, 11) is 2.02. The van der Waals surface area contributed by atoms with E-state index in [1.807, 2.05) is 20.9 Å². The molecule has 1 heterocycles. The lowest BCUT2D eigenvalue weighted by Gasteiger charge is -2.20. The Morgan fingerprint density at radius 3 is 2.30 bits per heavy atom. The highest BCUT2D eigenvalue weighted by molar-refractivity contribution is 5.41. The molecule has 0 saturated heterocycles. The van der Waals surface area contributed by atoms with E-state index in [2.05, 4.69) is 43.4 Å². The minimum absolute atomic E-state index is 0.203.